The van der Waals surface area contributed by atoms with Gasteiger partial charge in [-0.1, -0.05) is 32.0 Å². The molecule has 0 bridgehead atoms. The summed E-state index contributed by atoms with van der Waals surface area (Å²) in [5, 5.41) is 5.56. The first-order valence-electron chi connectivity index (χ1n) is 8.29. The van der Waals surface area contributed by atoms with Gasteiger partial charge < -0.3 is 15.4 Å². The number of rotatable bonds is 7. The number of carbonyl (C=O) groups excluding carboxylic acids is 2. The fourth-order valence-electron chi connectivity index (χ4n) is 2.11. The molecule has 0 atom stereocenters. The van der Waals surface area contributed by atoms with E-state index in [0.717, 1.165) is 0 Å². The zero-order valence-electron chi connectivity index (χ0n) is 14.7. The van der Waals surface area contributed by atoms with Crippen molar-refractivity contribution >= 4 is 17.5 Å². The van der Waals surface area contributed by atoms with Crippen molar-refractivity contribution in [2.24, 2.45) is 5.92 Å². The quantitative estimate of drug-likeness (QED) is 0.811. The van der Waals surface area contributed by atoms with E-state index in [9.17, 15) is 9.59 Å². The van der Waals surface area contributed by atoms with Gasteiger partial charge in [-0.25, -0.2) is 4.98 Å². The van der Waals surface area contributed by atoms with E-state index in [1.165, 1.54) is 0 Å². The average molecular weight is 341 g/mol. The second kappa shape index (κ2) is 8.82. The van der Waals surface area contributed by atoms with Gasteiger partial charge in [0.05, 0.1) is 12.3 Å². The van der Waals surface area contributed by atoms with Gasteiger partial charge in [0.1, 0.15) is 17.1 Å². The standard InChI is InChI=1S/C19H23N3O3/c1-4-25-17-11-6-5-8-14(17)22-19(24)16-10-7-9-15(21-16)18(23)20-12-13(2)3/h5-11,13H,4,12H2,1-3H3,(H,20,23)(H,22,24). The number of amides is 2. The molecule has 0 fully saturated rings. The normalized spacial score (nSPS) is 10.4. The van der Waals surface area contributed by atoms with Crippen LogP contribution in [0.1, 0.15) is 41.7 Å². The molecule has 2 aromatic rings. The molecule has 2 amide bonds. The van der Waals surface area contributed by atoms with Gasteiger partial charge in [0, 0.05) is 6.54 Å². The van der Waals surface area contributed by atoms with Gasteiger partial charge in [0.15, 0.2) is 0 Å². The molecule has 25 heavy (non-hydrogen) atoms. The highest BCUT2D eigenvalue weighted by Gasteiger charge is 2.14. The van der Waals surface area contributed by atoms with Crippen LogP contribution in [-0.4, -0.2) is 29.9 Å². The minimum atomic E-state index is -0.398. The van der Waals surface area contributed by atoms with Gasteiger partial charge >= 0.3 is 0 Å². The van der Waals surface area contributed by atoms with E-state index >= 15 is 0 Å². The lowest BCUT2D eigenvalue weighted by Gasteiger charge is -2.11. The summed E-state index contributed by atoms with van der Waals surface area (Å²) >= 11 is 0. The van der Waals surface area contributed by atoms with Crippen LogP contribution < -0.4 is 15.4 Å². The number of ether oxygens (including phenoxy) is 1. The molecule has 0 aliphatic carbocycles. The largest absolute Gasteiger partial charge is 0.492 e. The minimum absolute atomic E-state index is 0.170. The third kappa shape index (κ3) is 5.31. The van der Waals surface area contributed by atoms with Crippen LogP contribution in [-0.2, 0) is 0 Å². The summed E-state index contributed by atoms with van der Waals surface area (Å²) in [5.74, 6) is 0.235. The van der Waals surface area contributed by atoms with E-state index in [0.29, 0.717) is 30.5 Å². The van der Waals surface area contributed by atoms with Crippen molar-refractivity contribution in [3.63, 3.8) is 0 Å². The second-order valence-electron chi connectivity index (χ2n) is 5.90. The number of nitrogens with one attached hydrogen (secondary N) is 2. The Morgan fingerprint density at radius 3 is 2.40 bits per heavy atom. The molecule has 132 valence electrons. The van der Waals surface area contributed by atoms with E-state index in [1.54, 1.807) is 36.4 Å². The lowest BCUT2D eigenvalue weighted by molar-refractivity contribution is 0.0944. The molecule has 2 N–H and O–H groups in total. The highest BCUT2D eigenvalue weighted by Crippen LogP contribution is 2.24. The Balaban J connectivity index is 2.12. The number of pyridine rings is 1. The van der Waals surface area contributed by atoms with Gasteiger partial charge in [-0.05, 0) is 37.1 Å². The lowest BCUT2D eigenvalue weighted by atomic mass is 10.2. The van der Waals surface area contributed by atoms with Crippen LogP contribution in [0.4, 0.5) is 5.69 Å². The highest BCUT2D eigenvalue weighted by atomic mass is 16.5. The summed E-state index contributed by atoms with van der Waals surface area (Å²) in [6.45, 7) is 6.94. The molecular formula is C19H23N3O3. The van der Waals surface area contributed by atoms with Crippen molar-refractivity contribution in [3.8, 4) is 5.75 Å². The molecule has 6 heteroatoms. The van der Waals surface area contributed by atoms with E-state index in [-0.39, 0.29) is 17.3 Å². The smallest absolute Gasteiger partial charge is 0.274 e. The maximum atomic E-state index is 12.5. The van der Waals surface area contributed by atoms with E-state index < -0.39 is 5.91 Å². The zero-order valence-corrected chi connectivity index (χ0v) is 14.7. The van der Waals surface area contributed by atoms with Crippen LogP contribution in [0.3, 0.4) is 0 Å². The Kier molecular flexibility index (Phi) is 6.51. The van der Waals surface area contributed by atoms with Crippen LogP contribution in [0.25, 0.3) is 0 Å². The van der Waals surface area contributed by atoms with Gasteiger partial charge in [-0.3, -0.25) is 9.59 Å². The highest BCUT2D eigenvalue weighted by molar-refractivity contribution is 6.04. The number of hydrogen-bond donors (Lipinski definition) is 2. The number of benzene rings is 1. The van der Waals surface area contributed by atoms with Gasteiger partial charge in [0.25, 0.3) is 11.8 Å². The number of hydrogen-bond acceptors (Lipinski definition) is 4. The Hall–Kier alpha value is -2.89. The van der Waals surface area contributed by atoms with Crippen molar-refractivity contribution < 1.29 is 14.3 Å². The Morgan fingerprint density at radius 2 is 1.72 bits per heavy atom. The molecule has 1 aromatic carbocycles. The summed E-state index contributed by atoms with van der Waals surface area (Å²) in [6.07, 6.45) is 0. The number of anilines is 1. The fraction of sp³-hybridized carbons (Fsp3) is 0.316. The Morgan fingerprint density at radius 1 is 1.04 bits per heavy atom. The molecule has 0 saturated carbocycles. The first-order chi connectivity index (χ1) is 12.0. The maximum Gasteiger partial charge on any atom is 0.274 e. The first-order valence-corrected chi connectivity index (χ1v) is 8.29. The fourth-order valence-corrected chi connectivity index (χ4v) is 2.11. The van der Waals surface area contributed by atoms with Crippen molar-refractivity contribution in [2.75, 3.05) is 18.5 Å². The topological polar surface area (TPSA) is 80.3 Å². The molecule has 0 unspecified atom stereocenters. The van der Waals surface area contributed by atoms with E-state index in [1.807, 2.05) is 26.8 Å². The molecule has 1 heterocycles. The number of para-hydroxylation sites is 2. The number of aromatic nitrogens is 1. The molecule has 6 nitrogen and oxygen atoms in total. The Bertz CT molecular complexity index is 744. The third-order valence-electron chi connectivity index (χ3n) is 3.32. The first kappa shape index (κ1) is 18.4. The van der Waals surface area contributed by atoms with Gasteiger partial charge in [0.2, 0.25) is 0 Å². The van der Waals surface area contributed by atoms with Crippen LogP contribution >= 0.6 is 0 Å². The van der Waals surface area contributed by atoms with Crippen molar-refractivity contribution in [1.82, 2.24) is 10.3 Å². The average Bonchev–Trinajstić information content (AvgIpc) is 2.61. The predicted octanol–water partition coefficient (Wildman–Crippen LogP) is 3.12. The second-order valence-corrected chi connectivity index (χ2v) is 5.90. The molecule has 0 saturated heterocycles. The summed E-state index contributed by atoms with van der Waals surface area (Å²) in [7, 11) is 0. The van der Waals surface area contributed by atoms with Gasteiger partial charge in [-0.15, -0.1) is 0 Å². The maximum absolute atomic E-state index is 12.5. The minimum Gasteiger partial charge on any atom is -0.492 e. The molecular weight excluding hydrogens is 318 g/mol. The van der Waals surface area contributed by atoms with Crippen molar-refractivity contribution in [2.45, 2.75) is 20.8 Å². The predicted molar refractivity (Wildman–Crippen MR) is 97.0 cm³/mol. The summed E-state index contributed by atoms with van der Waals surface area (Å²) in [4.78, 5) is 28.7. The summed E-state index contributed by atoms with van der Waals surface area (Å²) in [6, 6.07) is 12.0. The summed E-state index contributed by atoms with van der Waals surface area (Å²) < 4.78 is 5.49. The van der Waals surface area contributed by atoms with Crippen molar-refractivity contribution in [1.29, 1.82) is 0 Å². The summed E-state index contributed by atoms with van der Waals surface area (Å²) in [5.41, 5.74) is 0.945. The van der Waals surface area contributed by atoms with Crippen LogP contribution in [0.2, 0.25) is 0 Å². The van der Waals surface area contributed by atoms with Crippen LogP contribution in [0, 0.1) is 5.92 Å². The molecule has 0 spiro atoms. The van der Waals surface area contributed by atoms with E-state index in [4.69, 9.17) is 4.74 Å². The molecule has 0 aliphatic heterocycles. The molecule has 2 rings (SSSR count). The number of carbonyl (C=O) groups is 2. The zero-order chi connectivity index (χ0) is 18.2. The van der Waals surface area contributed by atoms with Gasteiger partial charge in [-0.2, -0.15) is 0 Å². The lowest BCUT2D eigenvalue weighted by Crippen LogP contribution is -2.28. The van der Waals surface area contributed by atoms with Crippen LogP contribution in [0.15, 0.2) is 42.5 Å². The molecule has 0 radical (unpaired) electrons. The Labute approximate surface area is 147 Å². The molecule has 0 aliphatic rings. The van der Waals surface area contributed by atoms with Crippen LogP contribution in [0.5, 0.6) is 5.75 Å². The third-order valence-corrected chi connectivity index (χ3v) is 3.32. The van der Waals surface area contributed by atoms with Crippen molar-refractivity contribution in [3.05, 3.63) is 53.9 Å². The van der Waals surface area contributed by atoms with E-state index in [2.05, 4.69) is 15.6 Å². The molecule has 1 aromatic heterocycles. The number of nitrogens with zero attached hydrogens (tertiary/aromatic N) is 1. The SMILES string of the molecule is CCOc1ccccc1NC(=O)c1cccc(C(=O)NCC(C)C)n1. The monoisotopic (exact) mass is 341 g/mol.